The lowest BCUT2D eigenvalue weighted by Gasteiger charge is -2.12. The quantitative estimate of drug-likeness (QED) is 0.534. The number of hydrogen-bond acceptors (Lipinski definition) is 5. The van der Waals surface area contributed by atoms with Crippen LogP contribution in [0.5, 0.6) is 0 Å². The van der Waals surface area contributed by atoms with Crippen LogP contribution in [0.3, 0.4) is 0 Å². The van der Waals surface area contributed by atoms with Crippen molar-refractivity contribution in [3.05, 3.63) is 53.3 Å². The van der Waals surface area contributed by atoms with Gasteiger partial charge in [0, 0.05) is 30.9 Å². The largest absolute Gasteiger partial charge is 0.378 e. The topological polar surface area (TPSA) is 46.3 Å². The molecule has 2 aromatic heterocycles. The average Bonchev–Trinajstić information content (AvgIpc) is 3.18. The van der Waals surface area contributed by atoms with Gasteiger partial charge in [-0.3, -0.25) is 0 Å². The zero-order chi connectivity index (χ0) is 17.6. The summed E-state index contributed by atoms with van der Waals surface area (Å²) in [6.45, 7) is 0. The molecule has 2 aromatic carbocycles. The maximum Gasteiger partial charge on any atom is 0.235 e. The standard InChI is InChI=1S/C17H13ClFN5S/c1-23(2)12-5-3-4-11(8-12)16-22-24-15(20-21-17(24)25-16)10-6-7-14(19)13(18)9-10/h3-9H,1-2H3. The lowest BCUT2D eigenvalue weighted by atomic mass is 10.2. The molecule has 0 N–H and O–H groups in total. The van der Waals surface area contributed by atoms with Gasteiger partial charge in [0.05, 0.1) is 5.02 Å². The van der Waals surface area contributed by atoms with Gasteiger partial charge in [-0.05, 0) is 30.3 Å². The number of anilines is 1. The number of benzene rings is 2. The molecule has 0 aliphatic carbocycles. The molecule has 0 spiro atoms. The molecule has 0 bridgehead atoms. The average molecular weight is 374 g/mol. The smallest absolute Gasteiger partial charge is 0.235 e. The fourth-order valence-electron chi connectivity index (χ4n) is 2.47. The van der Waals surface area contributed by atoms with E-state index in [1.807, 2.05) is 37.2 Å². The molecule has 0 saturated heterocycles. The molecular weight excluding hydrogens is 361 g/mol. The summed E-state index contributed by atoms with van der Waals surface area (Å²) in [5.41, 5.74) is 2.76. The second-order valence-electron chi connectivity index (χ2n) is 5.70. The Labute approximate surface area is 152 Å². The van der Waals surface area contributed by atoms with Crippen LogP contribution in [0, 0.1) is 5.82 Å². The van der Waals surface area contributed by atoms with Crippen molar-refractivity contribution in [3.63, 3.8) is 0 Å². The second kappa shape index (κ2) is 6.09. The molecule has 4 rings (SSSR count). The molecule has 0 aliphatic rings. The van der Waals surface area contributed by atoms with E-state index in [2.05, 4.69) is 21.4 Å². The maximum atomic E-state index is 13.4. The first kappa shape index (κ1) is 16.0. The Morgan fingerprint density at radius 2 is 1.92 bits per heavy atom. The van der Waals surface area contributed by atoms with E-state index in [4.69, 9.17) is 11.6 Å². The van der Waals surface area contributed by atoms with E-state index in [0.717, 1.165) is 16.3 Å². The Morgan fingerprint density at radius 1 is 1.08 bits per heavy atom. The van der Waals surface area contributed by atoms with Crippen LogP contribution in [0.25, 0.3) is 26.9 Å². The zero-order valence-corrected chi connectivity index (χ0v) is 15.0. The summed E-state index contributed by atoms with van der Waals surface area (Å²) in [5.74, 6) is 0.0637. The van der Waals surface area contributed by atoms with E-state index < -0.39 is 5.82 Å². The molecule has 0 saturated carbocycles. The van der Waals surface area contributed by atoms with E-state index in [1.54, 1.807) is 10.6 Å². The zero-order valence-electron chi connectivity index (χ0n) is 13.4. The van der Waals surface area contributed by atoms with Gasteiger partial charge in [-0.15, -0.1) is 10.2 Å². The molecule has 0 amide bonds. The summed E-state index contributed by atoms with van der Waals surface area (Å²) in [4.78, 5) is 2.70. The van der Waals surface area contributed by atoms with Crippen LogP contribution in [0.4, 0.5) is 10.1 Å². The van der Waals surface area contributed by atoms with Crippen LogP contribution in [0.15, 0.2) is 42.5 Å². The highest BCUT2D eigenvalue weighted by Gasteiger charge is 2.15. The van der Waals surface area contributed by atoms with Gasteiger partial charge in [-0.25, -0.2) is 4.39 Å². The minimum Gasteiger partial charge on any atom is -0.378 e. The monoisotopic (exact) mass is 373 g/mol. The molecule has 0 atom stereocenters. The molecule has 8 heteroatoms. The Bertz CT molecular complexity index is 1070. The first-order chi connectivity index (χ1) is 12.0. The molecular formula is C17H13ClFN5S. The number of nitrogens with zero attached hydrogens (tertiary/aromatic N) is 5. The molecule has 0 fully saturated rings. The van der Waals surface area contributed by atoms with Gasteiger partial charge in [0.25, 0.3) is 0 Å². The molecule has 2 heterocycles. The van der Waals surface area contributed by atoms with E-state index >= 15 is 0 Å². The number of halogens is 2. The summed E-state index contributed by atoms with van der Waals surface area (Å²) < 4.78 is 15.0. The lowest BCUT2D eigenvalue weighted by Crippen LogP contribution is -2.08. The third-order valence-corrected chi connectivity index (χ3v) is 5.02. The normalized spacial score (nSPS) is 11.2. The summed E-state index contributed by atoms with van der Waals surface area (Å²) >= 11 is 7.32. The van der Waals surface area contributed by atoms with Gasteiger partial charge in [0.1, 0.15) is 10.8 Å². The molecule has 0 unspecified atom stereocenters. The molecule has 4 aromatic rings. The highest BCUT2D eigenvalue weighted by Crippen LogP contribution is 2.30. The van der Waals surface area contributed by atoms with Crippen LogP contribution < -0.4 is 4.90 Å². The van der Waals surface area contributed by atoms with Crippen molar-refractivity contribution in [1.29, 1.82) is 0 Å². The lowest BCUT2D eigenvalue weighted by molar-refractivity contribution is 0.628. The predicted molar refractivity (Wildman–Crippen MR) is 98.8 cm³/mol. The minimum atomic E-state index is -0.467. The number of hydrogen-bond donors (Lipinski definition) is 0. The second-order valence-corrected chi connectivity index (χ2v) is 7.06. The number of aromatic nitrogens is 4. The first-order valence-corrected chi connectivity index (χ1v) is 8.68. The Morgan fingerprint density at radius 3 is 2.68 bits per heavy atom. The van der Waals surface area contributed by atoms with Crippen LogP contribution >= 0.6 is 22.9 Å². The number of rotatable bonds is 3. The van der Waals surface area contributed by atoms with Crippen molar-refractivity contribution >= 4 is 33.6 Å². The molecule has 5 nitrogen and oxygen atoms in total. The van der Waals surface area contributed by atoms with Crippen molar-refractivity contribution < 1.29 is 4.39 Å². The fourth-order valence-corrected chi connectivity index (χ4v) is 3.48. The maximum absolute atomic E-state index is 13.4. The predicted octanol–water partition coefficient (Wildman–Crippen LogP) is 4.38. The van der Waals surface area contributed by atoms with Gasteiger partial charge >= 0.3 is 0 Å². The third-order valence-electron chi connectivity index (χ3n) is 3.78. The number of fused-ring (bicyclic) bond motifs is 1. The van der Waals surface area contributed by atoms with Gasteiger partial charge in [0.2, 0.25) is 4.96 Å². The minimum absolute atomic E-state index is 0.0448. The fraction of sp³-hybridized carbons (Fsp3) is 0.118. The summed E-state index contributed by atoms with van der Waals surface area (Å²) in [6, 6.07) is 12.6. The van der Waals surface area contributed by atoms with Crippen molar-refractivity contribution in [3.8, 4) is 22.0 Å². The van der Waals surface area contributed by atoms with Gasteiger partial charge in [0.15, 0.2) is 5.82 Å². The molecule has 0 aliphatic heterocycles. The van der Waals surface area contributed by atoms with Crippen molar-refractivity contribution in [2.45, 2.75) is 0 Å². The molecule has 126 valence electrons. The van der Waals surface area contributed by atoms with Gasteiger partial charge in [-0.1, -0.05) is 35.1 Å². The van der Waals surface area contributed by atoms with Gasteiger partial charge in [-0.2, -0.15) is 9.61 Å². The third kappa shape index (κ3) is 2.85. The van der Waals surface area contributed by atoms with Crippen molar-refractivity contribution in [2.75, 3.05) is 19.0 Å². The van der Waals surface area contributed by atoms with Crippen LogP contribution in [0.2, 0.25) is 5.02 Å². The van der Waals surface area contributed by atoms with E-state index in [9.17, 15) is 4.39 Å². The Hall–Kier alpha value is -2.51. The van der Waals surface area contributed by atoms with Crippen LogP contribution in [-0.4, -0.2) is 33.9 Å². The Balaban J connectivity index is 1.80. The highest BCUT2D eigenvalue weighted by molar-refractivity contribution is 7.19. The van der Waals surface area contributed by atoms with E-state index in [0.29, 0.717) is 16.3 Å². The van der Waals surface area contributed by atoms with E-state index in [1.165, 1.54) is 23.5 Å². The molecule has 0 radical (unpaired) electrons. The van der Waals surface area contributed by atoms with Crippen LogP contribution in [-0.2, 0) is 0 Å². The molecule has 25 heavy (non-hydrogen) atoms. The van der Waals surface area contributed by atoms with E-state index in [-0.39, 0.29) is 5.02 Å². The van der Waals surface area contributed by atoms with Crippen LogP contribution in [0.1, 0.15) is 0 Å². The summed E-state index contributed by atoms with van der Waals surface area (Å²) in [6.07, 6.45) is 0. The van der Waals surface area contributed by atoms with Gasteiger partial charge < -0.3 is 4.90 Å². The summed E-state index contributed by atoms with van der Waals surface area (Å²) in [7, 11) is 3.99. The SMILES string of the molecule is CN(C)c1cccc(-c2nn3c(-c4ccc(F)c(Cl)c4)nnc3s2)c1. The summed E-state index contributed by atoms with van der Waals surface area (Å²) in [5, 5.41) is 13.8. The van der Waals surface area contributed by atoms with Crippen molar-refractivity contribution in [2.24, 2.45) is 0 Å². The first-order valence-electron chi connectivity index (χ1n) is 7.48. The highest BCUT2D eigenvalue weighted by atomic mass is 35.5. The Kier molecular flexibility index (Phi) is 3.89. The van der Waals surface area contributed by atoms with Crippen molar-refractivity contribution in [1.82, 2.24) is 19.8 Å².